The van der Waals surface area contributed by atoms with Gasteiger partial charge in [0, 0.05) is 25.6 Å². The van der Waals surface area contributed by atoms with Gasteiger partial charge in [0.05, 0.1) is 10.5 Å². The van der Waals surface area contributed by atoms with Crippen LogP contribution in [-0.2, 0) is 11.2 Å². The summed E-state index contributed by atoms with van der Waals surface area (Å²) in [5.41, 5.74) is 2.13. The number of aromatic carboxylic acids is 1. The van der Waals surface area contributed by atoms with Gasteiger partial charge in [0.2, 0.25) is 5.91 Å². The monoisotopic (exact) mass is 385 g/mol. The van der Waals surface area contributed by atoms with Crippen molar-refractivity contribution in [3.05, 3.63) is 69.3 Å². The molecule has 8 nitrogen and oxygen atoms in total. The zero-order valence-electron chi connectivity index (χ0n) is 15.6. The molecule has 0 heterocycles. The second kappa shape index (κ2) is 10.1. The van der Waals surface area contributed by atoms with Crippen LogP contribution in [0.2, 0.25) is 0 Å². The molecule has 0 aliphatic heterocycles. The van der Waals surface area contributed by atoms with Gasteiger partial charge in [-0.15, -0.1) is 0 Å². The van der Waals surface area contributed by atoms with Crippen LogP contribution in [0.15, 0.2) is 42.5 Å². The number of hydrogen-bond donors (Lipinski definition) is 3. The van der Waals surface area contributed by atoms with Gasteiger partial charge in [-0.1, -0.05) is 24.3 Å². The Labute approximate surface area is 162 Å². The third-order valence-corrected chi connectivity index (χ3v) is 4.21. The number of nitro benzene ring substituents is 1. The molecule has 0 spiro atoms. The second-order valence-electron chi connectivity index (χ2n) is 6.37. The number of carbonyl (C=O) groups is 2. The van der Waals surface area contributed by atoms with Crippen LogP contribution in [0.3, 0.4) is 0 Å². The molecule has 0 aliphatic carbocycles. The summed E-state index contributed by atoms with van der Waals surface area (Å²) in [5.74, 6) is -1.17. The lowest BCUT2D eigenvalue weighted by Gasteiger charge is -2.09. The summed E-state index contributed by atoms with van der Waals surface area (Å²) in [5, 5.41) is 26.0. The van der Waals surface area contributed by atoms with E-state index < -0.39 is 10.9 Å². The van der Waals surface area contributed by atoms with Crippen molar-refractivity contribution < 1.29 is 19.6 Å². The molecule has 0 saturated heterocycles. The molecular formula is C20H23N3O5. The molecule has 0 atom stereocenters. The molecule has 3 N–H and O–H groups in total. The number of nitro groups is 1. The Morgan fingerprint density at radius 1 is 1.14 bits per heavy atom. The van der Waals surface area contributed by atoms with E-state index in [2.05, 4.69) is 10.6 Å². The zero-order valence-corrected chi connectivity index (χ0v) is 15.6. The van der Waals surface area contributed by atoms with Gasteiger partial charge in [-0.05, 0) is 43.0 Å². The summed E-state index contributed by atoms with van der Waals surface area (Å²) in [7, 11) is 0. The first-order chi connectivity index (χ1) is 13.4. The summed E-state index contributed by atoms with van der Waals surface area (Å²) in [6.45, 7) is 2.69. The van der Waals surface area contributed by atoms with Gasteiger partial charge in [0.25, 0.3) is 5.69 Å². The van der Waals surface area contributed by atoms with Crippen LogP contribution in [0.1, 0.15) is 34.3 Å². The molecule has 0 bridgehead atoms. The van der Waals surface area contributed by atoms with Crippen LogP contribution in [-0.4, -0.2) is 35.0 Å². The maximum atomic E-state index is 11.9. The van der Waals surface area contributed by atoms with Crippen LogP contribution in [0.5, 0.6) is 0 Å². The lowest BCUT2D eigenvalue weighted by molar-refractivity contribution is -0.384. The fourth-order valence-electron chi connectivity index (χ4n) is 2.77. The molecule has 0 aromatic heterocycles. The van der Waals surface area contributed by atoms with Crippen LogP contribution in [0.25, 0.3) is 0 Å². The number of amides is 1. The van der Waals surface area contributed by atoms with Crippen molar-refractivity contribution in [3.8, 4) is 0 Å². The summed E-state index contributed by atoms with van der Waals surface area (Å²) in [6.07, 6.45) is 1.14. The fraction of sp³-hybridized carbons (Fsp3) is 0.300. The van der Waals surface area contributed by atoms with Crippen molar-refractivity contribution in [3.63, 3.8) is 0 Å². The number of benzene rings is 2. The number of carboxylic acids is 1. The quantitative estimate of drug-likeness (QED) is 0.328. The number of rotatable bonds is 10. The Bertz CT molecular complexity index is 867. The molecule has 0 aliphatic rings. The minimum Gasteiger partial charge on any atom is -0.478 e. The summed E-state index contributed by atoms with van der Waals surface area (Å²) in [4.78, 5) is 33.8. The van der Waals surface area contributed by atoms with E-state index in [4.69, 9.17) is 5.11 Å². The smallest absolute Gasteiger partial charge is 0.335 e. The van der Waals surface area contributed by atoms with E-state index in [0.717, 1.165) is 5.56 Å². The Kier molecular flexibility index (Phi) is 7.50. The molecular weight excluding hydrogens is 362 g/mol. The largest absolute Gasteiger partial charge is 0.478 e. The highest BCUT2D eigenvalue weighted by Crippen LogP contribution is 2.25. The van der Waals surface area contributed by atoms with Crippen molar-refractivity contribution in [2.24, 2.45) is 0 Å². The maximum absolute atomic E-state index is 11.9. The summed E-state index contributed by atoms with van der Waals surface area (Å²) >= 11 is 0. The maximum Gasteiger partial charge on any atom is 0.335 e. The standard InChI is InChI=1S/C20H23N3O5/c1-14-7-9-17(18(13-14)23(27)28)21-11-4-12-22-19(24)10-8-15-5-2-3-6-16(15)20(25)26/h2-3,5-7,9,13,21H,4,8,10-12H2,1H3,(H,22,24)(H,25,26). The van der Waals surface area contributed by atoms with Gasteiger partial charge in [-0.3, -0.25) is 14.9 Å². The van der Waals surface area contributed by atoms with Crippen molar-refractivity contribution in [1.29, 1.82) is 0 Å². The molecule has 2 aromatic rings. The van der Waals surface area contributed by atoms with Crippen LogP contribution >= 0.6 is 0 Å². The Morgan fingerprint density at radius 3 is 2.61 bits per heavy atom. The Hall–Kier alpha value is -3.42. The van der Waals surface area contributed by atoms with Crippen molar-refractivity contribution in [2.45, 2.75) is 26.2 Å². The molecule has 2 aromatic carbocycles. The van der Waals surface area contributed by atoms with Gasteiger partial charge < -0.3 is 15.7 Å². The molecule has 28 heavy (non-hydrogen) atoms. The van der Waals surface area contributed by atoms with E-state index in [0.29, 0.717) is 37.2 Å². The van der Waals surface area contributed by atoms with Crippen molar-refractivity contribution >= 4 is 23.3 Å². The number of aryl methyl sites for hydroxylation is 2. The first-order valence-corrected chi connectivity index (χ1v) is 8.95. The number of nitrogens with zero attached hydrogens (tertiary/aromatic N) is 1. The third-order valence-electron chi connectivity index (χ3n) is 4.21. The highest BCUT2D eigenvalue weighted by Gasteiger charge is 2.13. The van der Waals surface area contributed by atoms with Gasteiger partial charge >= 0.3 is 5.97 Å². The normalized spacial score (nSPS) is 10.3. The topological polar surface area (TPSA) is 122 Å². The number of anilines is 1. The summed E-state index contributed by atoms with van der Waals surface area (Å²) in [6, 6.07) is 11.6. The van der Waals surface area contributed by atoms with Crippen molar-refractivity contribution in [1.82, 2.24) is 5.32 Å². The number of nitrogens with one attached hydrogen (secondary N) is 2. The summed E-state index contributed by atoms with van der Waals surface area (Å²) < 4.78 is 0. The van der Waals surface area contributed by atoms with E-state index >= 15 is 0 Å². The molecule has 0 saturated carbocycles. The van der Waals surface area contributed by atoms with Gasteiger partial charge in [0.1, 0.15) is 5.69 Å². The first kappa shape index (κ1) is 20.9. The molecule has 0 unspecified atom stereocenters. The van der Waals surface area contributed by atoms with E-state index in [1.165, 1.54) is 12.1 Å². The minimum atomic E-state index is -1.01. The Balaban J connectivity index is 1.72. The molecule has 8 heteroatoms. The van der Waals surface area contributed by atoms with E-state index in [-0.39, 0.29) is 23.6 Å². The van der Waals surface area contributed by atoms with Crippen LogP contribution < -0.4 is 10.6 Å². The van der Waals surface area contributed by atoms with E-state index in [1.54, 1.807) is 37.3 Å². The predicted molar refractivity (Wildman–Crippen MR) is 106 cm³/mol. The SMILES string of the molecule is Cc1ccc(NCCCNC(=O)CCc2ccccc2C(=O)O)c([N+](=O)[O-])c1. The minimum absolute atomic E-state index is 0.0288. The molecule has 148 valence electrons. The third kappa shape index (κ3) is 6.08. The zero-order chi connectivity index (χ0) is 20.5. The lowest BCUT2D eigenvalue weighted by Crippen LogP contribution is -2.26. The predicted octanol–water partition coefficient (Wildman–Crippen LogP) is 3.15. The second-order valence-corrected chi connectivity index (χ2v) is 6.37. The average molecular weight is 385 g/mol. The average Bonchev–Trinajstić information content (AvgIpc) is 2.67. The van der Waals surface area contributed by atoms with Gasteiger partial charge in [0.15, 0.2) is 0 Å². The van der Waals surface area contributed by atoms with Gasteiger partial charge in [-0.2, -0.15) is 0 Å². The molecule has 0 radical (unpaired) electrons. The number of carbonyl (C=O) groups excluding carboxylic acids is 1. The van der Waals surface area contributed by atoms with E-state index in [9.17, 15) is 19.7 Å². The van der Waals surface area contributed by atoms with E-state index in [1.807, 2.05) is 0 Å². The van der Waals surface area contributed by atoms with Gasteiger partial charge in [-0.25, -0.2) is 4.79 Å². The van der Waals surface area contributed by atoms with Crippen LogP contribution in [0, 0.1) is 17.0 Å². The number of hydrogen-bond acceptors (Lipinski definition) is 5. The highest BCUT2D eigenvalue weighted by atomic mass is 16.6. The van der Waals surface area contributed by atoms with Crippen molar-refractivity contribution in [2.75, 3.05) is 18.4 Å². The molecule has 2 rings (SSSR count). The Morgan fingerprint density at radius 2 is 1.89 bits per heavy atom. The number of carboxylic acid groups (broad SMARTS) is 1. The molecule has 0 fully saturated rings. The highest BCUT2D eigenvalue weighted by molar-refractivity contribution is 5.89. The lowest BCUT2D eigenvalue weighted by atomic mass is 10.0. The molecule has 1 amide bonds. The van der Waals surface area contributed by atoms with Crippen LogP contribution in [0.4, 0.5) is 11.4 Å². The fourth-order valence-corrected chi connectivity index (χ4v) is 2.77. The first-order valence-electron chi connectivity index (χ1n) is 8.95.